The maximum absolute atomic E-state index is 11.9. The minimum atomic E-state index is 0.155. The first-order valence-corrected chi connectivity index (χ1v) is 11.2. The van der Waals surface area contributed by atoms with Gasteiger partial charge in [0.25, 0.3) is 0 Å². The van der Waals surface area contributed by atoms with Crippen LogP contribution in [-0.4, -0.2) is 20.4 Å². The number of thioether (sulfide) groups is 2. The van der Waals surface area contributed by atoms with Gasteiger partial charge in [0.15, 0.2) is 10.2 Å². The second kappa shape index (κ2) is 12.5. The lowest BCUT2D eigenvalue weighted by Gasteiger charge is -2.03. The summed E-state index contributed by atoms with van der Waals surface area (Å²) < 4.78 is 0. The van der Waals surface area contributed by atoms with E-state index in [1.165, 1.54) is 23.5 Å². The van der Waals surface area contributed by atoms with E-state index in [0.29, 0.717) is 12.8 Å². The van der Waals surface area contributed by atoms with Crippen LogP contribution in [0.2, 0.25) is 0 Å². The lowest BCUT2D eigenvalue weighted by molar-refractivity contribution is -0.111. The zero-order valence-electron chi connectivity index (χ0n) is 15.8. The topological polar surface area (TPSA) is 74.6 Å². The van der Waals surface area contributed by atoms with Gasteiger partial charge in [0.2, 0.25) is 0 Å². The molecule has 0 fully saturated rings. The molecular formula is C22H26O4S2. The fraction of sp³-hybridized carbons (Fsp3) is 0.364. The number of aromatic hydroxyl groups is 2. The lowest BCUT2D eigenvalue weighted by Crippen LogP contribution is -1.93. The largest absolute Gasteiger partial charge is 0.508 e. The summed E-state index contributed by atoms with van der Waals surface area (Å²) in [6.07, 6.45) is 7.11. The van der Waals surface area contributed by atoms with Crippen molar-refractivity contribution in [3.63, 3.8) is 0 Å². The van der Waals surface area contributed by atoms with Gasteiger partial charge >= 0.3 is 0 Å². The highest BCUT2D eigenvalue weighted by Crippen LogP contribution is 2.25. The molecule has 2 aromatic rings. The lowest BCUT2D eigenvalue weighted by atomic mass is 10.1. The third kappa shape index (κ3) is 9.33. The molecule has 0 atom stereocenters. The summed E-state index contributed by atoms with van der Waals surface area (Å²) in [5.74, 6) is 0.412. The number of carbonyl (C=O) groups excluding carboxylic acids is 2. The zero-order chi connectivity index (χ0) is 20.2. The maximum Gasteiger partial charge on any atom is 0.193 e. The first kappa shape index (κ1) is 22.4. The Morgan fingerprint density at radius 2 is 0.893 bits per heavy atom. The Hall–Kier alpha value is -1.92. The molecule has 6 heteroatoms. The average Bonchev–Trinajstić information content (AvgIpc) is 2.67. The van der Waals surface area contributed by atoms with E-state index in [4.69, 9.17) is 0 Å². The molecule has 2 rings (SSSR count). The van der Waals surface area contributed by atoms with Crippen LogP contribution in [0.3, 0.4) is 0 Å². The molecule has 0 amide bonds. The molecule has 0 saturated carbocycles. The van der Waals surface area contributed by atoms with E-state index in [9.17, 15) is 19.8 Å². The van der Waals surface area contributed by atoms with Gasteiger partial charge in [0, 0.05) is 22.6 Å². The Morgan fingerprint density at radius 1 is 0.571 bits per heavy atom. The van der Waals surface area contributed by atoms with Crippen LogP contribution in [-0.2, 0) is 9.59 Å². The highest BCUT2D eigenvalue weighted by molar-refractivity contribution is 8.13. The fourth-order valence-electron chi connectivity index (χ4n) is 2.64. The fourth-order valence-corrected chi connectivity index (χ4v) is 4.20. The molecule has 4 nitrogen and oxygen atoms in total. The third-order valence-electron chi connectivity index (χ3n) is 4.15. The van der Waals surface area contributed by atoms with Crippen molar-refractivity contribution in [1.82, 2.24) is 0 Å². The molecule has 0 aliphatic rings. The Kier molecular flexibility index (Phi) is 10.0. The Labute approximate surface area is 174 Å². The van der Waals surface area contributed by atoms with Gasteiger partial charge in [-0.3, -0.25) is 9.59 Å². The molecule has 2 aromatic carbocycles. The van der Waals surface area contributed by atoms with Crippen molar-refractivity contribution in [2.45, 2.75) is 61.2 Å². The highest BCUT2D eigenvalue weighted by Gasteiger charge is 2.06. The number of phenols is 2. The monoisotopic (exact) mass is 418 g/mol. The summed E-state index contributed by atoms with van der Waals surface area (Å²) >= 11 is 2.45. The minimum absolute atomic E-state index is 0.155. The second-order valence-corrected chi connectivity index (χ2v) is 8.82. The molecule has 0 spiro atoms. The predicted molar refractivity (Wildman–Crippen MR) is 115 cm³/mol. The summed E-state index contributed by atoms with van der Waals surface area (Å²) in [4.78, 5) is 25.6. The van der Waals surface area contributed by atoms with Crippen LogP contribution in [0.25, 0.3) is 0 Å². The van der Waals surface area contributed by atoms with Gasteiger partial charge in [-0.1, -0.05) is 49.2 Å². The number of phenolic OH excluding ortho intramolecular Hbond substituents is 2. The molecular weight excluding hydrogens is 392 g/mol. The van der Waals surface area contributed by atoms with Gasteiger partial charge in [-0.15, -0.1) is 0 Å². The third-order valence-corrected chi connectivity index (χ3v) is 6.03. The molecule has 0 radical (unpaired) electrons. The Balaban J connectivity index is 1.45. The van der Waals surface area contributed by atoms with Crippen molar-refractivity contribution in [2.75, 3.05) is 0 Å². The molecule has 0 unspecified atom stereocenters. The van der Waals surface area contributed by atoms with Crippen LogP contribution >= 0.6 is 23.5 Å². The Bertz CT molecular complexity index is 677. The summed E-state index contributed by atoms with van der Waals surface area (Å²) in [6, 6.07) is 13.3. The number of benzene rings is 2. The second-order valence-electron chi connectivity index (χ2n) is 6.56. The van der Waals surface area contributed by atoms with Crippen LogP contribution in [0.5, 0.6) is 11.5 Å². The van der Waals surface area contributed by atoms with E-state index in [0.717, 1.165) is 48.3 Å². The molecule has 150 valence electrons. The van der Waals surface area contributed by atoms with Gasteiger partial charge in [-0.25, -0.2) is 0 Å². The summed E-state index contributed by atoms with van der Waals surface area (Å²) in [7, 11) is 0. The van der Waals surface area contributed by atoms with Crippen LogP contribution in [0.15, 0.2) is 58.3 Å². The summed E-state index contributed by atoms with van der Waals surface area (Å²) in [5, 5.41) is 18.8. The summed E-state index contributed by atoms with van der Waals surface area (Å²) in [6.45, 7) is 0. The molecule has 0 heterocycles. The maximum atomic E-state index is 11.9. The van der Waals surface area contributed by atoms with Crippen molar-refractivity contribution >= 4 is 33.8 Å². The van der Waals surface area contributed by atoms with Crippen molar-refractivity contribution in [3.05, 3.63) is 48.5 Å². The number of unbranched alkanes of at least 4 members (excludes halogenated alkanes) is 5. The van der Waals surface area contributed by atoms with Crippen LogP contribution in [0, 0.1) is 0 Å². The Morgan fingerprint density at radius 3 is 1.25 bits per heavy atom. The van der Waals surface area contributed by atoms with E-state index >= 15 is 0 Å². The van der Waals surface area contributed by atoms with Crippen LogP contribution < -0.4 is 0 Å². The summed E-state index contributed by atoms with van der Waals surface area (Å²) in [5.41, 5.74) is 0. The molecule has 0 saturated heterocycles. The van der Waals surface area contributed by atoms with Gasteiger partial charge in [0.1, 0.15) is 11.5 Å². The van der Waals surface area contributed by atoms with E-state index in [1.54, 1.807) is 48.5 Å². The molecule has 0 aliphatic heterocycles. The average molecular weight is 419 g/mol. The van der Waals surface area contributed by atoms with Gasteiger partial charge in [-0.05, 0) is 61.4 Å². The molecule has 28 heavy (non-hydrogen) atoms. The van der Waals surface area contributed by atoms with Crippen LogP contribution in [0.1, 0.15) is 51.4 Å². The van der Waals surface area contributed by atoms with Crippen molar-refractivity contribution in [1.29, 1.82) is 0 Å². The van der Waals surface area contributed by atoms with Crippen LogP contribution in [0.4, 0.5) is 0 Å². The normalized spacial score (nSPS) is 10.7. The van der Waals surface area contributed by atoms with Gasteiger partial charge in [-0.2, -0.15) is 0 Å². The van der Waals surface area contributed by atoms with E-state index in [2.05, 4.69) is 0 Å². The van der Waals surface area contributed by atoms with E-state index in [1.807, 2.05) is 0 Å². The first-order valence-electron chi connectivity index (χ1n) is 9.52. The van der Waals surface area contributed by atoms with Gasteiger partial charge in [0.05, 0.1) is 0 Å². The first-order chi connectivity index (χ1) is 13.5. The SMILES string of the molecule is O=C(CCCCCCCCC(=O)Sc1ccc(O)cc1)Sc1ccc(O)cc1. The number of hydrogen-bond donors (Lipinski definition) is 2. The van der Waals surface area contributed by atoms with E-state index < -0.39 is 0 Å². The van der Waals surface area contributed by atoms with Crippen molar-refractivity contribution in [2.24, 2.45) is 0 Å². The number of carbonyl (C=O) groups is 2. The molecule has 0 aliphatic carbocycles. The van der Waals surface area contributed by atoms with E-state index in [-0.39, 0.29) is 21.7 Å². The van der Waals surface area contributed by atoms with Gasteiger partial charge < -0.3 is 10.2 Å². The minimum Gasteiger partial charge on any atom is -0.508 e. The molecule has 0 bridgehead atoms. The number of hydrogen-bond acceptors (Lipinski definition) is 6. The quantitative estimate of drug-likeness (QED) is 0.336. The highest BCUT2D eigenvalue weighted by atomic mass is 32.2. The molecule has 0 aromatic heterocycles. The standard InChI is InChI=1S/C22H26O4S2/c23-17-9-13-19(14-10-17)27-21(25)7-5-3-1-2-4-6-8-22(26)28-20-15-11-18(24)12-16-20/h9-16,23-24H,1-8H2. The zero-order valence-corrected chi connectivity index (χ0v) is 17.4. The predicted octanol–water partition coefficient (Wildman–Crippen LogP) is 6.16. The smallest absolute Gasteiger partial charge is 0.193 e. The number of rotatable bonds is 11. The van der Waals surface area contributed by atoms with Crippen molar-refractivity contribution in [3.8, 4) is 11.5 Å². The van der Waals surface area contributed by atoms with Crippen molar-refractivity contribution < 1.29 is 19.8 Å². The molecule has 2 N–H and O–H groups in total.